The molecule has 4 rings (SSSR count). The fraction of sp³-hybridized carbons (Fsp3) is 0.400. The summed E-state index contributed by atoms with van der Waals surface area (Å²) in [7, 11) is 0. The number of nitrogens with zero attached hydrogens (tertiary/aromatic N) is 2. The predicted molar refractivity (Wildman–Crippen MR) is 104 cm³/mol. The lowest BCUT2D eigenvalue weighted by molar-refractivity contribution is 0.200. The van der Waals surface area contributed by atoms with Crippen LogP contribution in [0.5, 0.6) is 5.75 Å². The van der Waals surface area contributed by atoms with Gasteiger partial charge in [-0.3, -0.25) is 5.41 Å². The third-order valence-electron chi connectivity index (χ3n) is 5.20. The van der Waals surface area contributed by atoms with Crippen molar-refractivity contribution < 1.29 is 4.74 Å². The second kappa shape index (κ2) is 6.29. The van der Waals surface area contributed by atoms with Gasteiger partial charge in [-0.1, -0.05) is 0 Å². The lowest BCUT2D eigenvalue weighted by Crippen LogP contribution is -2.27. The Morgan fingerprint density at radius 2 is 2.12 bits per heavy atom. The highest BCUT2D eigenvalue weighted by Gasteiger charge is 2.40. The van der Waals surface area contributed by atoms with E-state index < -0.39 is 0 Å². The second-order valence-corrected chi connectivity index (χ2v) is 7.57. The Morgan fingerprint density at radius 1 is 1.31 bits per heavy atom. The number of nitrogens with two attached hydrogens (primary N) is 2. The number of hydrogen-bond acceptors (Lipinski definition) is 6. The molecule has 0 unspecified atom stereocenters. The van der Waals surface area contributed by atoms with E-state index >= 15 is 0 Å². The maximum atomic E-state index is 8.66. The molecule has 1 aliphatic carbocycles. The van der Waals surface area contributed by atoms with Crippen molar-refractivity contribution in [3.8, 4) is 5.75 Å². The average molecular weight is 351 g/mol. The van der Waals surface area contributed by atoms with Gasteiger partial charge in [0, 0.05) is 42.1 Å². The zero-order chi connectivity index (χ0) is 18.3. The fourth-order valence-corrected chi connectivity index (χ4v) is 3.28. The molecular weight excluding hydrogens is 326 g/mol. The summed E-state index contributed by atoms with van der Waals surface area (Å²) in [6.45, 7) is 3.80. The molecule has 5 N–H and O–H groups in total. The van der Waals surface area contributed by atoms with Gasteiger partial charge in [0.2, 0.25) is 0 Å². The first kappa shape index (κ1) is 16.8. The highest BCUT2D eigenvalue weighted by Crippen LogP contribution is 2.40. The maximum absolute atomic E-state index is 8.66. The molecule has 1 saturated carbocycles. The van der Waals surface area contributed by atoms with E-state index in [2.05, 4.69) is 16.8 Å². The van der Waals surface area contributed by atoms with Gasteiger partial charge >= 0.3 is 0 Å². The lowest BCUT2D eigenvalue weighted by Gasteiger charge is -2.18. The number of anilines is 2. The Labute approximate surface area is 153 Å². The van der Waals surface area contributed by atoms with Crippen LogP contribution in [-0.2, 0) is 0 Å². The number of ether oxygens (including phenoxy) is 1. The zero-order valence-corrected chi connectivity index (χ0v) is 15.0. The Kier molecular flexibility index (Phi) is 4.07. The van der Waals surface area contributed by atoms with Gasteiger partial charge in [-0.15, -0.1) is 0 Å². The van der Waals surface area contributed by atoms with Crippen LogP contribution >= 0.6 is 0 Å². The molecule has 0 bridgehead atoms. The van der Waals surface area contributed by atoms with Crippen LogP contribution in [0.2, 0.25) is 0 Å². The summed E-state index contributed by atoms with van der Waals surface area (Å²) in [6, 6.07) is 9.53. The van der Waals surface area contributed by atoms with Gasteiger partial charge < -0.3 is 21.1 Å². The van der Waals surface area contributed by atoms with Crippen molar-refractivity contribution in [2.24, 2.45) is 5.73 Å². The van der Waals surface area contributed by atoms with E-state index in [1.807, 2.05) is 30.3 Å². The lowest BCUT2D eigenvalue weighted by atomic mass is 10.0. The van der Waals surface area contributed by atoms with Crippen LogP contribution in [0.1, 0.15) is 37.3 Å². The number of nitrogens with one attached hydrogen (secondary N) is 1. The van der Waals surface area contributed by atoms with Crippen LogP contribution in [0.4, 0.5) is 11.5 Å². The summed E-state index contributed by atoms with van der Waals surface area (Å²) in [5.41, 5.74) is 14.5. The van der Waals surface area contributed by atoms with Crippen LogP contribution in [-0.4, -0.2) is 35.4 Å². The van der Waals surface area contributed by atoms with Crippen LogP contribution in [0.15, 0.2) is 36.5 Å². The molecule has 26 heavy (non-hydrogen) atoms. The molecule has 2 fully saturated rings. The van der Waals surface area contributed by atoms with Crippen molar-refractivity contribution in [1.29, 1.82) is 5.41 Å². The Morgan fingerprint density at radius 3 is 2.81 bits per heavy atom. The molecule has 0 spiro atoms. The first-order chi connectivity index (χ1) is 12.4. The molecule has 136 valence electrons. The van der Waals surface area contributed by atoms with Crippen molar-refractivity contribution >= 4 is 17.2 Å². The first-order valence-electron chi connectivity index (χ1n) is 9.08. The predicted octanol–water partition coefficient (Wildman–Crippen LogP) is 2.55. The maximum Gasteiger partial charge on any atom is 0.129 e. The summed E-state index contributed by atoms with van der Waals surface area (Å²) in [4.78, 5) is 6.61. The number of hydrogen-bond donors (Lipinski definition) is 3. The number of nitrogen functional groups attached to an aromatic ring is 1. The first-order valence-corrected chi connectivity index (χ1v) is 9.08. The Balaban J connectivity index is 1.60. The van der Waals surface area contributed by atoms with Gasteiger partial charge in [-0.2, -0.15) is 0 Å². The van der Waals surface area contributed by atoms with E-state index in [1.54, 1.807) is 6.20 Å². The van der Waals surface area contributed by atoms with E-state index in [-0.39, 0.29) is 11.6 Å². The minimum Gasteiger partial charge on any atom is -0.488 e. The average Bonchev–Trinajstić information content (AvgIpc) is 3.19. The summed E-state index contributed by atoms with van der Waals surface area (Å²) in [6.07, 6.45) is 4.84. The summed E-state index contributed by atoms with van der Waals surface area (Å²) >= 11 is 0. The SMILES string of the molecule is CC1(Oc2ccc(N)c(C(=N)c3ccnc(N4CC[C@@H](N)C4)c3)c2)CC1. The molecule has 1 aromatic carbocycles. The van der Waals surface area contributed by atoms with E-state index in [1.165, 1.54) is 0 Å². The standard InChI is InChI=1S/C20H25N5O/c1-20(6-7-20)26-15-2-3-17(22)16(11-15)19(23)13-4-8-24-18(10-13)25-9-5-14(21)12-25/h2-4,8,10-11,14,23H,5-7,9,12,21-22H2,1H3/t14-/m1/s1. The largest absolute Gasteiger partial charge is 0.488 e. The molecule has 1 saturated heterocycles. The van der Waals surface area contributed by atoms with Crippen molar-refractivity contribution in [3.63, 3.8) is 0 Å². The molecule has 0 amide bonds. The molecule has 1 aliphatic heterocycles. The van der Waals surface area contributed by atoms with Crippen LogP contribution in [0.3, 0.4) is 0 Å². The van der Waals surface area contributed by atoms with Gasteiger partial charge in [0.15, 0.2) is 0 Å². The third kappa shape index (κ3) is 3.37. The minimum absolute atomic E-state index is 0.0616. The van der Waals surface area contributed by atoms with Gasteiger partial charge in [0.1, 0.15) is 17.2 Å². The van der Waals surface area contributed by atoms with Crippen LogP contribution in [0, 0.1) is 5.41 Å². The monoisotopic (exact) mass is 351 g/mol. The highest BCUT2D eigenvalue weighted by molar-refractivity contribution is 6.14. The normalized spacial score (nSPS) is 20.8. The van der Waals surface area contributed by atoms with Crippen molar-refractivity contribution in [2.45, 2.75) is 37.8 Å². The highest BCUT2D eigenvalue weighted by atomic mass is 16.5. The van der Waals surface area contributed by atoms with Gasteiger partial charge in [-0.25, -0.2) is 4.98 Å². The van der Waals surface area contributed by atoms with E-state index in [9.17, 15) is 0 Å². The van der Waals surface area contributed by atoms with E-state index in [0.717, 1.165) is 49.5 Å². The zero-order valence-electron chi connectivity index (χ0n) is 15.0. The van der Waals surface area contributed by atoms with Crippen molar-refractivity contribution in [2.75, 3.05) is 23.7 Å². The van der Waals surface area contributed by atoms with Gasteiger partial charge in [0.25, 0.3) is 0 Å². The Hall–Kier alpha value is -2.60. The summed E-state index contributed by atoms with van der Waals surface area (Å²) < 4.78 is 6.02. The fourth-order valence-electron chi connectivity index (χ4n) is 3.28. The molecule has 6 nitrogen and oxygen atoms in total. The molecule has 1 atom stereocenters. The Bertz CT molecular complexity index is 846. The second-order valence-electron chi connectivity index (χ2n) is 7.57. The molecule has 2 heterocycles. The van der Waals surface area contributed by atoms with Crippen molar-refractivity contribution in [1.82, 2.24) is 4.98 Å². The van der Waals surface area contributed by atoms with Gasteiger partial charge in [0.05, 0.1) is 5.71 Å². The molecular formula is C20H25N5O. The third-order valence-corrected chi connectivity index (χ3v) is 5.20. The number of pyridine rings is 1. The van der Waals surface area contributed by atoms with Crippen molar-refractivity contribution in [3.05, 3.63) is 47.7 Å². The molecule has 2 aliphatic rings. The van der Waals surface area contributed by atoms with E-state index in [4.69, 9.17) is 21.6 Å². The van der Waals surface area contributed by atoms with E-state index in [0.29, 0.717) is 17.0 Å². The van der Waals surface area contributed by atoms with Gasteiger partial charge in [-0.05, 0) is 56.5 Å². The van der Waals surface area contributed by atoms with Crippen LogP contribution < -0.4 is 21.1 Å². The number of rotatable bonds is 5. The summed E-state index contributed by atoms with van der Waals surface area (Å²) in [5, 5.41) is 8.66. The number of benzene rings is 1. The molecule has 6 heteroatoms. The minimum atomic E-state index is -0.0616. The molecule has 1 aromatic heterocycles. The molecule has 2 aromatic rings. The summed E-state index contributed by atoms with van der Waals surface area (Å²) in [5.74, 6) is 1.62. The number of aromatic nitrogens is 1. The quantitative estimate of drug-likeness (QED) is 0.568. The topological polar surface area (TPSA) is 101 Å². The van der Waals surface area contributed by atoms with Crippen LogP contribution in [0.25, 0.3) is 0 Å². The molecule has 0 radical (unpaired) electrons. The smallest absolute Gasteiger partial charge is 0.129 e.